The van der Waals surface area contributed by atoms with Crippen molar-refractivity contribution in [2.45, 2.75) is 63.1 Å². The molecule has 3 aliphatic rings. The van der Waals surface area contributed by atoms with Gasteiger partial charge in [-0.1, -0.05) is 48.5 Å². The van der Waals surface area contributed by atoms with Crippen molar-refractivity contribution in [1.29, 1.82) is 0 Å². The second kappa shape index (κ2) is 13.2. The molecule has 0 saturated heterocycles. The van der Waals surface area contributed by atoms with Crippen LogP contribution in [0.3, 0.4) is 0 Å². The first kappa shape index (κ1) is 34.8. The quantitative estimate of drug-likeness (QED) is 0.102. The van der Waals surface area contributed by atoms with Gasteiger partial charge >= 0.3 is 23.9 Å². The van der Waals surface area contributed by atoms with Gasteiger partial charge < -0.3 is 50.4 Å². The number of benzene rings is 4. The van der Waals surface area contributed by atoms with Gasteiger partial charge in [-0.3, -0.25) is 19.2 Å². The number of hydrogen-bond acceptors (Lipinski definition) is 14. The van der Waals surface area contributed by atoms with Crippen LogP contribution in [0.15, 0.2) is 60.7 Å². The second-order valence-electron chi connectivity index (χ2n) is 13.7. The van der Waals surface area contributed by atoms with Crippen LogP contribution in [0.2, 0.25) is 0 Å². The number of carbonyl (C=O) groups is 4. The molecule has 0 amide bonds. The molecule has 0 atom stereocenters. The van der Waals surface area contributed by atoms with Gasteiger partial charge in [0.2, 0.25) is 0 Å². The third-order valence-corrected chi connectivity index (χ3v) is 9.91. The van der Waals surface area contributed by atoms with Crippen LogP contribution in [0.25, 0.3) is 21.5 Å². The molecule has 0 spiro atoms. The molecule has 1 saturated carbocycles. The summed E-state index contributed by atoms with van der Waals surface area (Å²) in [6, 6.07) is 18.9. The lowest BCUT2D eigenvalue weighted by molar-refractivity contribution is -0.147. The first-order valence-electron chi connectivity index (χ1n) is 16.9. The number of aliphatic hydroxyl groups excluding tert-OH is 2. The fourth-order valence-electron chi connectivity index (χ4n) is 7.59. The van der Waals surface area contributed by atoms with Crippen molar-refractivity contribution in [1.82, 2.24) is 0 Å². The van der Waals surface area contributed by atoms with Gasteiger partial charge in [-0.25, -0.2) is 0 Å². The molecule has 4 aromatic carbocycles. The average molecular weight is 713 g/mol. The minimum atomic E-state index is -1.25. The van der Waals surface area contributed by atoms with E-state index in [1.54, 1.807) is 0 Å². The molecule has 0 unspecified atom stereocenters. The lowest BCUT2D eigenvalue weighted by Gasteiger charge is -2.50. The summed E-state index contributed by atoms with van der Waals surface area (Å²) in [4.78, 5) is 47.7. The smallest absolute Gasteiger partial charge is 0.302 e. The Bertz CT molecular complexity index is 1930. The van der Waals surface area contributed by atoms with Crippen molar-refractivity contribution < 1.29 is 48.3 Å². The number of esters is 4. The molecule has 7 rings (SSSR count). The van der Waals surface area contributed by atoms with Crippen LogP contribution in [0.5, 0.6) is 0 Å². The summed E-state index contributed by atoms with van der Waals surface area (Å²) in [6.07, 6.45) is -2.14. The average Bonchev–Trinajstić information content (AvgIpc) is 3.10. The van der Waals surface area contributed by atoms with Crippen LogP contribution in [0, 0.1) is 0 Å². The molecular formula is C38H40N4O10. The molecule has 4 aromatic rings. The Hall–Kier alpha value is -5.60. The summed E-state index contributed by atoms with van der Waals surface area (Å²) in [5.74, 6) is -3.60. The maximum absolute atomic E-state index is 12.0. The van der Waals surface area contributed by atoms with E-state index >= 15 is 0 Å². The standard InChI is InChI=1S/C38H40N4O10/c1-19(43)49-15-37(16-50-20(2)44)39-27-9-5-7-23-11-13-25(33(41-37)29(23)27)31-35(47)32(36(31)48)26-14-12-24-8-6-10-28-30(24)34(26)42-38(40-28,17-51-21(3)45)18-52-22(4)46/h5-14,31-32,35-36,39-42,47-48H,15-18H2,1-4H3. The van der Waals surface area contributed by atoms with E-state index in [-0.39, 0.29) is 26.4 Å². The van der Waals surface area contributed by atoms with E-state index in [0.29, 0.717) is 33.9 Å². The van der Waals surface area contributed by atoms with Crippen molar-refractivity contribution in [3.05, 3.63) is 71.8 Å². The number of anilines is 4. The molecule has 0 radical (unpaired) electrons. The van der Waals surface area contributed by atoms with E-state index in [1.807, 2.05) is 60.7 Å². The third-order valence-electron chi connectivity index (χ3n) is 9.91. The van der Waals surface area contributed by atoms with E-state index in [2.05, 4.69) is 21.3 Å². The highest BCUT2D eigenvalue weighted by Crippen LogP contribution is 2.55. The van der Waals surface area contributed by atoms with Gasteiger partial charge in [0.05, 0.1) is 12.2 Å². The normalized spacial score (nSPS) is 21.7. The highest BCUT2D eigenvalue weighted by molar-refractivity contribution is 6.08. The van der Waals surface area contributed by atoms with Gasteiger partial charge in [0, 0.05) is 73.1 Å². The van der Waals surface area contributed by atoms with Crippen molar-refractivity contribution >= 4 is 68.2 Å². The number of rotatable bonds is 10. The van der Waals surface area contributed by atoms with Gasteiger partial charge in [-0.05, 0) is 34.0 Å². The number of nitrogens with one attached hydrogen (secondary N) is 4. The van der Waals surface area contributed by atoms with Crippen LogP contribution in [0.1, 0.15) is 50.7 Å². The van der Waals surface area contributed by atoms with Gasteiger partial charge in [-0.2, -0.15) is 0 Å². The van der Waals surface area contributed by atoms with Crippen molar-refractivity contribution in [3.8, 4) is 0 Å². The Balaban J connectivity index is 1.28. The van der Waals surface area contributed by atoms with Crippen LogP contribution < -0.4 is 21.3 Å². The fourth-order valence-corrected chi connectivity index (χ4v) is 7.59. The van der Waals surface area contributed by atoms with E-state index in [0.717, 1.165) is 21.5 Å². The van der Waals surface area contributed by atoms with E-state index in [9.17, 15) is 29.4 Å². The lowest BCUT2D eigenvalue weighted by atomic mass is 9.62. The number of hydrogen-bond donors (Lipinski definition) is 6. The SMILES string of the molecule is CC(=O)OCC1(COC(C)=O)Nc2cccc3ccc(C4C(O)C(c5ccc6cccc7c6c5NC(COC(C)=O)(COC(C)=O)N7)C4O)c(c23)N1. The minimum absolute atomic E-state index is 0.191. The van der Waals surface area contributed by atoms with Gasteiger partial charge in [0.15, 0.2) is 11.3 Å². The Kier molecular flexibility index (Phi) is 8.83. The Morgan fingerprint density at radius 2 is 0.885 bits per heavy atom. The molecule has 2 heterocycles. The number of aliphatic hydroxyl groups is 2. The monoisotopic (exact) mass is 712 g/mol. The van der Waals surface area contributed by atoms with Crippen LogP contribution in [0.4, 0.5) is 22.7 Å². The minimum Gasteiger partial charge on any atom is -0.461 e. The van der Waals surface area contributed by atoms with Crippen LogP contribution in [-0.4, -0.2) is 84.1 Å². The van der Waals surface area contributed by atoms with Gasteiger partial charge in [0.1, 0.15) is 26.4 Å². The van der Waals surface area contributed by atoms with Gasteiger partial charge in [-0.15, -0.1) is 0 Å². The Morgan fingerprint density at radius 1 is 0.538 bits per heavy atom. The zero-order valence-electron chi connectivity index (χ0n) is 29.1. The molecule has 2 aliphatic heterocycles. The second-order valence-corrected chi connectivity index (χ2v) is 13.7. The fraction of sp³-hybridized carbons (Fsp3) is 0.368. The third kappa shape index (κ3) is 6.17. The molecule has 272 valence electrons. The van der Waals surface area contributed by atoms with Crippen LogP contribution >= 0.6 is 0 Å². The summed E-state index contributed by atoms with van der Waals surface area (Å²) in [5.41, 5.74) is 1.30. The summed E-state index contributed by atoms with van der Waals surface area (Å²) < 4.78 is 21.7. The molecule has 52 heavy (non-hydrogen) atoms. The van der Waals surface area contributed by atoms with Crippen molar-refractivity contribution in [3.63, 3.8) is 0 Å². The summed E-state index contributed by atoms with van der Waals surface area (Å²) in [6.45, 7) is 4.38. The molecule has 0 aromatic heterocycles. The molecule has 1 fully saturated rings. The summed E-state index contributed by atoms with van der Waals surface area (Å²) in [7, 11) is 0. The highest BCUT2D eigenvalue weighted by Gasteiger charge is 2.54. The first-order valence-corrected chi connectivity index (χ1v) is 16.9. The van der Waals surface area contributed by atoms with Crippen molar-refractivity contribution in [2.24, 2.45) is 0 Å². The van der Waals surface area contributed by atoms with Gasteiger partial charge in [0.25, 0.3) is 0 Å². The largest absolute Gasteiger partial charge is 0.461 e. The van der Waals surface area contributed by atoms with E-state index in [4.69, 9.17) is 18.9 Å². The summed E-state index contributed by atoms with van der Waals surface area (Å²) in [5, 5.41) is 41.0. The molecule has 14 nitrogen and oxygen atoms in total. The molecule has 14 heteroatoms. The molecule has 1 aliphatic carbocycles. The predicted molar refractivity (Wildman–Crippen MR) is 192 cm³/mol. The summed E-state index contributed by atoms with van der Waals surface area (Å²) >= 11 is 0. The maximum Gasteiger partial charge on any atom is 0.302 e. The zero-order chi connectivity index (χ0) is 36.9. The lowest BCUT2D eigenvalue weighted by Crippen LogP contribution is -2.58. The van der Waals surface area contributed by atoms with Crippen LogP contribution in [-0.2, 0) is 38.1 Å². The zero-order valence-corrected chi connectivity index (χ0v) is 29.1. The Morgan fingerprint density at radius 3 is 1.21 bits per heavy atom. The van der Waals surface area contributed by atoms with Crippen molar-refractivity contribution in [2.75, 3.05) is 47.7 Å². The predicted octanol–water partition coefficient (Wildman–Crippen LogP) is 3.92. The maximum atomic E-state index is 12.0. The number of ether oxygens (including phenoxy) is 4. The first-order chi connectivity index (χ1) is 24.8. The highest BCUT2D eigenvalue weighted by atomic mass is 16.6. The van der Waals surface area contributed by atoms with E-state index < -0.39 is 59.2 Å². The molecule has 6 N–H and O–H groups in total. The Labute approximate surface area is 298 Å². The number of carbonyl (C=O) groups excluding carboxylic acids is 4. The molecule has 0 bridgehead atoms. The topological polar surface area (TPSA) is 194 Å². The van der Waals surface area contributed by atoms with E-state index in [1.165, 1.54) is 27.7 Å². The molecular weight excluding hydrogens is 672 g/mol.